The van der Waals surface area contributed by atoms with Gasteiger partial charge in [-0.05, 0) is 25.3 Å². The molecule has 1 heterocycles. The van der Waals surface area contributed by atoms with Crippen LogP contribution in [-0.4, -0.2) is 42.2 Å². The van der Waals surface area contributed by atoms with E-state index in [-0.39, 0.29) is 12.5 Å². The van der Waals surface area contributed by atoms with Crippen LogP contribution in [0.2, 0.25) is 0 Å². The Bertz CT molecular complexity index is 480. The molecule has 0 saturated carbocycles. The highest BCUT2D eigenvalue weighted by Gasteiger charge is 2.24. The fourth-order valence-corrected chi connectivity index (χ4v) is 2.12. The smallest absolute Gasteiger partial charge is 0.339 e. The molecule has 0 aliphatic heterocycles. The van der Waals surface area contributed by atoms with E-state index in [0.29, 0.717) is 41.9 Å². The van der Waals surface area contributed by atoms with Crippen molar-refractivity contribution in [2.75, 3.05) is 20.3 Å². The maximum atomic E-state index is 12.1. The Morgan fingerprint density at radius 3 is 2.65 bits per heavy atom. The number of H-pyrrole nitrogens is 1. The highest BCUT2D eigenvalue weighted by atomic mass is 16.5. The Morgan fingerprint density at radius 2 is 2.10 bits per heavy atom. The summed E-state index contributed by atoms with van der Waals surface area (Å²) in [6.07, 6.45) is 1.94. The van der Waals surface area contributed by atoms with Crippen molar-refractivity contribution >= 4 is 11.9 Å². The lowest BCUT2D eigenvalue weighted by Crippen LogP contribution is -2.26. The molecule has 20 heavy (non-hydrogen) atoms. The molecule has 6 heteroatoms. The summed E-state index contributed by atoms with van der Waals surface area (Å²) in [7, 11) is 1.32. The molecule has 0 bridgehead atoms. The zero-order valence-electron chi connectivity index (χ0n) is 12.2. The lowest BCUT2D eigenvalue weighted by atomic mass is 10.0. The van der Waals surface area contributed by atoms with Crippen LogP contribution >= 0.6 is 0 Å². The number of rotatable bonds is 7. The number of carbonyl (C=O) groups excluding carboxylic acids is 2. The minimum atomic E-state index is -0.434. The van der Waals surface area contributed by atoms with Crippen LogP contribution in [0.25, 0.3) is 0 Å². The highest BCUT2D eigenvalue weighted by molar-refractivity contribution is 6.00. The number of carbonyl (C=O) groups is 2. The quantitative estimate of drug-likeness (QED) is 0.517. The van der Waals surface area contributed by atoms with E-state index in [2.05, 4.69) is 10.3 Å². The molecule has 0 radical (unpaired) electrons. The zero-order valence-corrected chi connectivity index (χ0v) is 12.2. The molecule has 0 saturated heterocycles. The van der Waals surface area contributed by atoms with Crippen LogP contribution in [0.4, 0.5) is 0 Å². The Labute approximate surface area is 118 Å². The van der Waals surface area contributed by atoms with E-state index in [1.807, 2.05) is 6.92 Å². The number of hydrogen-bond donors (Lipinski definition) is 3. The van der Waals surface area contributed by atoms with Gasteiger partial charge in [-0.1, -0.05) is 13.3 Å². The third-order valence-corrected chi connectivity index (χ3v) is 3.03. The summed E-state index contributed by atoms with van der Waals surface area (Å²) in [6, 6.07) is 0. The second-order valence-electron chi connectivity index (χ2n) is 4.55. The molecule has 1 aromatic heterocycles. The van der Waals surface area contributed by atoms with Gasteiger partial charge >= 0.3 is 5.97 Å². The van der Waals surface area contributed by atoms with Crippen molar-refractivity contribution in [3.05, 3.63) is 22.5 Å². The van der Waals surface area contributed by atoms with Crippen LogP contribution in [-0.2, 0) is 11.2 Å². The van der Waals surface area contributed by atoms with E-state index < -0.39 is 5.97 Å². The summed E-state index contributed by atoms with van der Waals surface area (Å²) >= 11 is 0. The number of hydrogen-bond acceptors (Lipinski definition) is 4. The van der Waals surface area contributed by atoms with Gasteiger partial charge in [-0.2, -0.15) is 0 Å². The van der Waals surface area contributed by atoms with Gasteiger partial charge in [0.1, 0.15) is 5.69 Å². The minimum absolute atomic E-state index is 0.0270. The maximum absolute atomic E-state index is 12.1. The van der Waals surface area contributed by atoms with E-state index in [9.17, 15) is 9.59 Å². The molecule has 0 aromatic carbocycles. The molecular formula is C14H22N2O4. The van der Waals surface area contributed by atoms with Gasteiger partial charge in [0.05, 0.1) is 12.7 Å². The molecule has 6 nitrogen and oxygen atoms in total. The van der Waals surface area contributed by atoms with Crippen molar-refractivity contribution in [3.8, 4) is 0 Å². The predicted molar refractivity (Wildman–Crippen MR) is 74.9 cm³/mol. The van der Waals surface area contributed by atoms with E-state index >= 15 is 0 Å². The van der Waals surface area contributed by atoms with Crippen LogP contribution in [0.3, 0.4) is 0 Å². The molecule has 1 aromatic rings. The average molecular weight is 282 g/mol. The summed E-state index contributed by atoms with van der Waals surface area (Å²) < 4.78 is 4.77. The van der Waals surface area contributed by atoms with Crippen molar-refractivity contribution in [2.45, 2.75) is 33.1 Å². The topological polar surface area (TPSA) is 91.4 Å². The SMILES string of the molecule is CCCc1c(C(=O)NCCCO)[nH]c(C)c1C(=O)OC. The number of aliphatic hydroxyl groups is 1. The van der Waals surface area contributed by atoms with Crippen LogP contribution in [0.1, 0.15) is 51.9 Å². The monoisotopic (exact) mass is 282 g/mol. The Hall–Kier alpha value is -1.82. The van der Waals surface area contributed by atoms with Gasteiger partial charge < -0.3 is 20.1 Å². The molecule has 112 valence electrons. The minimum Gasteiger partial charge on any atom is -0.465 e. The number of aromatic amines is 1. The van der Waals surface area contributed by atoms with Gasteiger partial charge in [0.15, 0.2) is 0 Å². The lowest BCUT2D eigenvalue weighted by Gasteiger charge is -2.06. The molecule has 0 spiro atoms. The highest BCUT2D eigenvalue weighted by Crippen LogP contribution is 2.21. The van der Waals surface area contributed by atoms with Gasteiger partial charge in [0.2, 0.25) is 0 Å². The van der Waals surface area contributed by atoms with Crippen molar-refractivity contribution in [1.29, 1.82) is 0 Å². The van der Waals surface area contributed by atoms with Gasteiger partial charge in [-0.15, -0.1) is 0 Å². The Balaban J connectivity index is 3.06. The molecule has 0 aliphatic rings. The van der Waals surface area contributed by atoms with E-state index in [4.69, 9.17) is 9.84 Å². The molecule has 0 fully saturated rings. The first-order valence-corrected chi connectivity index (χ1v) is 6.75. The number of aryl methyl sites for hydroxylation is 1. The molecule has 1 amide bonds. The molecular weight excluding hydrogens is 260 g/mol. The first kappa shape index (κ1) is 16.2. The van der Waals surface area contributed by atoms with Crippen molar-refractivity contribution < 1.29 is 19.4 Å². The van der Waals surface area contributed by atoms with E-state index in [1.165, 1.54) is 7.11 Å². The number of ether oxygens (including phenoxy) is 1. The fourth-order valence-electron chi connectivity index (χ4n) is 2.12. The normalized spacial score (nSPS) is 10.4. The Morgan fingerprint density at radius 1 is 1.40 bits per heavy atom. The largest absolute Gasteiger partial charge is 0.465 e. The standard InChI is InChI=1S/C14H22N2O4/c1-4-6-10-11(14(19)20-3)9(2)16-12(10)13(18)15-7-5-8-17/h16-17H,4-8H2,1-3H3,(H,15,18). The average Bonchev–Trinajstić information content (AvgIpc) is 2.75. The van der Waals surface area contributed by atoms with Crippen molar-refractivity contribution in [1.82, 2.24) is 10.3 Å². The zero-order chi connectivity index (χ0) is 15.1. The van der Waals surface area contributed by atoms with E-state index in [0.717, 1.165) is 6.42 Å². The molecule has 3 N–H and O–H groups in total. The van der Waals surface area contributed by atoms with Gasteiger partial charge in [-0.3, -0.25) is 4.79 Å². The van der Waals surface area contributed by atoms with Gasteiger partial charge in [-0.25, -0.2) is 4.79 Å². The molecule has 0 aliphatic carbocycles. The predicted octanol–water partition coefficient (Wildman–Crippen LogP) is 1.17. The molecule has 1 rings (SSSR count). The summed E-state index contributed by atoms with van der Waals surface area (Å²) in [5.74, 6) is -0.697. The second kappa shape index (κ2) is 7.69. The lowest BCUT2D eigenvalue weighted by molar-refractivity contribution is 0.0599. The third kappa shape index (κ3) is 3.60. The van der Waals surface area contributed by atoms with Crippen LogP contribution in [0, 0.1) is 6.92 Å². The van der Waals surface area contributed by atoms with E-state index in [1.54, 1.807) is 6.92 Å². The van der Waals surface area contributed by atoms with Crippen molar-refractivity contribution in [2.24, 2.45) is 0 Å². The number of esters is 1. The number of nitrogens with one attached hydrogen (secondary N) is 2. The third-order valence-electron chi connectivity index (χ3n) is 3.03. The first-order chi connectivity index (χ1) is 9.56. The second-order valence-corrected chi connectivity index (χ2v) is 4.55. The number of amides is 1. The number of aromatic nitrogens is 1. The molecule has 0 atom stereocenters. The van der Waals surface area contributed by atoms with Crippen LogP contribution < -0.4 is 5.32 Å². The van der Waals surface area contributed by atoms with Gasteiger partial charge in [0, 0.05) is 18.8 Å². The summed E-state index contributed by atoms with van der Waals surface area (Å²) in [4.78, 5) is 26.9. The maximum Gasteiger partial charge on any atom is 0.339 e. The summed E-state index contributed by atoms with van der Waals surface area (Å²) in [5, 5.41) is 11.4. The van der Waals surface area contributed by atoms with Crippen molar-refractivity contribution in [3.63, 3.8) is 0 Å². The van der Waals surface area contributed by atoms with Gasteiger partial charge in [0.25, 0.3) is 5.91 Å². The number of methoxy groups -OCH3 is 1. The van der Waals surface area contributed by atoms with Crippen LogP contribution in [0.15, 0.2) is 0 Å². The van der Waals surface area contributed by atoms with Crippen LogP contribution in [0.5, 0.6) is 0 Å². The Kier molecular flexibility index (Phi) is 6.24. The fraction of sp³-hybridized carbons (Fsp3) is 0.571. The summed E-state index contributed by atoms with van der Waals surface area (Å²) in [5.41, 5.74) is 2.18. The summed E-state index contributed by atoms with van der Waals surface area (Å²) in [6.45, 7) is 4.15. The molecule has 0 unspecified atom stereocenters. The first-order valence-electron chi connectivity index (χ1n) is 6.75. The number of aliphatic hydroxyl groups excluding tert-OH is 1.